The summed E-state index contributed by atoms with van der Waals surface area (Å²) >= 11 is 1.60. The molecule has 4 rings (SSSR count). The van der Waals surface area contributed by atoms with Crippen LogP contribution in [0.1, 0.15) is 37.5 Å². The molecule has 1 aliphatic heterocycles. The first-order valence-electron chi connectivity index (χ1n) is 8.84. The molecule has 0 radical (unpaired) electrons. The summed E-state index contributed by atoms with van der Waals surface area (Å²) in [5, 5.41) is 2.01. The Morgan fingerprint density at radius 1 is 1.04 bits per heavy atom. The van der Waals surface area contributed by atoms with Gasteiger partial charge in [-0.05, 0) is 61.0 Å². The van der Waals surface area contributed by atoms with Crippen LogP contribution in [0.2, 0.25) is 0 Å². The van der Waals surface area contributed by atoms with Gasteiger partial charge >= 0.3 is 0 Å². The number of thiophene rings is 1. The van der Waals surface area contributed by atoms with Crippen LogP contribution >= 0.6 is 11.3 Å². The maximum absolute atomic E-state index is 12.7. The van der Waals surface area contributed by atoms with E-state index in [0.717, 1.165) is 27.3 Å². The molecule has 0 amide bonds. The van der Waals surface area contributed by atoms with Gasteiger partial charge in [-0.1, -0.05) is 24.3 Å². The highest BCUT2D eigenvalue weighted by Crippen LogP contribution is 2.40. The quantitative estimate of drug-likeness (QED) is 0.534. The lowest BCUT2D eigenvalue weighted by Gasteiger charge is -2.12. The number of ether oxygens (including phenoxy) is 2. The van der Waals surface area contributed by atoms with Gasteiger partial charge in [0.2, 0.25) is 5.78 Å². The van der Waals surface area contributed by atoms with Crippen LogP contribution in [0.4, 0.5) is 0 Å². The Labute approximate surface area is 162 Å². The maximum Gasteiger partial charge on any atom is 0.232 e. The molecule has 4 heteroatoms. The lowest BCUT2D eigenvalue weighted by molar-refractivity contribution is 0.101. The second-order valence-electron chi connectivity index (χ2n) is 6.69. The van der Waals surface area contributed by atoms with Crippen molar-refractivity contribution in [3.8, 4) is 11.5 Å². The fourth-order valence-corrected chi connectivity index (χ4v) is 3.95. The number of hydrogen-bond donors (Lipinski definition) is 0. The maximum atomic E-state index is 12.7. The molecular weight excluding hydrogens is 356 g/mol. The summed E-state index contributed by atoms with van der Waals surface area (Å²) in [5.74, 6) is 1.63. The molecule has 27 heavy (non-hydrogen) atoms. The number of carbonyl (C=O) groups is 1. The van der Waals surface area contributed by atoms with Gasteiger partial charge in [-0.25, -0.2) is 0 Å². The van der Waals surface area contributed by atoms with E-state index in [4.69, 9.17) is 9.47 Å². The van der Waals surface area contributed by atoms with Crippen LogP contribution in [0.3, 0.4) is 0 Å². The van der Waals surface area contributed by atoms with Crippen molar-refractivity contribution in [3.63, 3.8) is 0 Å². The molecule has 3 nitrogen and oxygen atoms in total. The van der Waals surface area contributed by atoms with E-state index >= 15 is 0 Å². The highest BCUT2D eigenvalue weighted by atomic mass is 32.1. The van der Waals surface area contributed by atoms with Crippen LogP contribution in [-0.4, -0.2) is 5.78 Å². The van der Waals surface area contributed by atoms with Crippen molar-refractivity contribution in [2.45, 2.75) is 27.4 Å². The molecule has 1 aromatic heterocycles. The number of benzene rings is 2. The van der Waals surface area contributed by atoms with Crippen LogP contribution in [0.15, 0.2) is 53.6 Å². The third-order valence-corrected chi connectivity index (χ3v) is 5.81. The van der Waals surface area contributed by atoms with Crippen molar-refractivity contribution < 1.29 is 14.3 Å². The lowest BCUT2D eigenvalue weighted by atomic mass is 10.1. The molecule has 2 heterocycles. The largest absolute Gasteiger partial charge is 0.488 e. The van der Waals surface area contributed by atoms with Crippen LogP contribution in [0, 0.1) is 20.8 Å². The summed E-state index contributed by atoms with van der Waals surface area (Å²) in [6.45, 7) is 6.51. The first kappa shape index (κ1) is 17.6. The fraction of sp³-hybridized carbons (Fsp3) is 0.174. The summed E-state index contributed by atoms with van der Waals surface area (Å²) in [6.07, 6.45) is 1.83. The van der Waals surface area contributed by atoms with E-state index in [0.29, 0.717) is 23.7 Å². The molecule has 0 bridgehead atoms. The van der Waals surface area contributed by atoms with E-state index in [9.17, 15) is 4.79 Å². The number of hydrogen-bond acceptors (Lipinski definition) is 4. The Morgan fingerprint density at radius 3 is 2.59 bits per heavy atom. The van der Waals surface area contributed by atoms with E-state index in [1.165, 1.54) is 5.56 Å². The first-order chi connectivity index (χ1) is 13.0. The monoisotopic (exact) mass is 376 g/mol. The van der Waals surface area contributed by atoms with Crippen molar-refractivity contribution in [3.05, 3.63) is 86.3 Å². The predicted molar refractivity (Wildman–Crippen MR) is 109 cm³/mol. The van der Waals surface area contributed by atoms with Crippen molar-refractivity contribution in [1.82, 2.24) is 0 Å². The van der Waals surface area contributed by atoms with E-state index in [1.54, 1.807) is 17.4 Å². The molecular formula is C23H20O3S. The minimum absolute atomic E-state index is 0.0775. The van der Waals surface area contributed by atoms with Crippen molar-refractivity contribution >= 4 is 23.2 Å². The zero-order valence-corrected chi connectivity index (χ0v) is 16.4. The average Bonchev–Trinajstić information content (AvgIpc) is 3.20. The van der Waals surface area contributed by atoms with Crippen molar-refractivity contribution in [1.29, 1.82) is 0 Å². The zero-order chi connectivity index (χ0) is 19.0. The normalized spacial score (nSPS) is 14.3. The molecule has 2 aromatic carbocycles. The Kier molecular flexibility index (Phi) is 4.58. The van der Waals surface area contributed by atoms with E-state index < -0.39 is 0 Å². The van der Waals surface area contributed by atoms with Gasteiger partial charge in [0.15, 0.2) is 5.76 Å². The van der Waals surface area contributed by atoms with E-state index in [1.807, 2.05) is 49.6 Å². The highest BCUT2D eigenvalue weighted by molar-refractivity contribution is 7.11. The number of fused-ring (bicyclic) bond motifs is 1. The molecule has 0 N–H and O–H groups in total. The average molecular weight is 376 g/mol. The second-order valence-corrected chi connectivity index (χ2v) is 7.64. The first-order valence-corrected chi connectivity index (χ1v) is 9.72. The van der Waals surface area contributed by atoms with Crippen molar-refractivity contribution in [2.24, 2.45) is 0 Å². The van der Waals surface area contributed by atoms with E-state index in [2.05, 4.69) is 19.1 Å². The minimum atomic E-state index is -0.0775. The molecule has 0 saturated carbocycles. The molecule has 3 aromatic rings. The number of ketones is 1. The smallest absolute Gasteiger partial charge is 0.232 e. The summed E-state index contributed by atoms with van der Waals surface area (Å²) < 4.78 is 11.9. The van der Waals surface area contributed by atoms with Crippen LogP contribution in [0.25, 0.3) is 6.08 Å². The van der Waals surface area contributed by atoms with Gasteiger partial charge in [0.25, 0.3) is 0 Å². The third kappa shape index (κ3) is 3.28. The van der Waals surface area contributed by atoms with Gasteiger partial charge in [0, 0.05) is 16.5 Å². The van der Waals surface area contributed by atoms with Gasteiger partial charge in [-0.2, -0.15) is 0 Å². The Bertz CT molecular complexity index is 1060. The molecule has 136 valence electrons. The molecule has 0 atom stereocenters. The van der Waals surface area contributed by atoms with Gasteiger partial charge in [0.05, 0.1) is 5.56 Å². The molecule has 1 aliphatic rings. The Morgan fingerprint density at radius 2 is 1.85 bits per heavy atom. The fourth-order valence-electron chi connectivity index (χ4n) is 3.10. The highest BCUT2D eigenvalue weighted by Gasteiger charge is 2.30. The van der Waals surface area contributed by atoms with Gasteiger partial charge < -0.3 is 9.47 Å². The molecule has 0 saturated heterocycles. The zero-order valence-electron chi connectivity index (χ0n) is 15.5. The van der Waals surface area contributed by atoms with Crippen LogP contribution in [0.5, 0.6) is 11.5 Å². The number of Topliss-reactive ketones (excluding diaryl/α,β-unsaturated/α-hetero) is 1. The summed E-state index contributed by atoms with van der Waals surface area (Å²) in [6, 6.07) is 13.8. The van der Waals surface area contributed by atoms with Crippen LogP contribution in [-0.2, 0) is 6.61 Å². The van der Waals surface area contributed by atoms with Gasteiger partial charge in [0.1, 0.15) is 18.1 Å². The standard InChI is InChI=1S/C23H20O3S/c1-14-6-4-5-7-17(14)13-25-19-9-8-18-22(24)20(26-23(18)16(19)3)12-21-15(2)10-11-27-21/h4-12H,13H2,1-3H3/b20-12-. The molecule has 0 spiro atoms. The number of carbonyl (C=O) groups excluding carboxylic acids is 1. The Balaban J connectivity index is 1.60. The number of aryl methyl sites for hydroxylation is 2. The SMILES string of the molecule is Cc1ccccc1COc1ccc2c(c1C)O/C(=C\c1sccc1C)C2=O. The van der Waals surface area contributed by atoms with Crippen LogP contribution < -0.4 is 9.47 Å². The summed E-state index contributed by atoms with van der Waals surface area (Å²) in [7, 11) is 0. The third-order valence-electron chi connectivity index (χ3n) is 4.84. The topological polar surface area (TPSA) is 35.5 Å². The minimum Gasteiger partial charge on any atom is -0.488 e. The number of allylic oxidation sites excluding steroid dienone is 1. The number of rotatable bonds is 4. The summed E-state index contributed by atoms with van der Waals surface area (Å²) in [4.78, 5) is 13.7. The second kappa shape index (κ2) is 7.05. The van der Waals surface area contributed by atoms with Gasteiger partial charge in [-0.15, -0.1) is 11.3 Å². The van der Waals surface area contributed by atoms with E-state index in [-0.39, 0.29) is 5.78 Å². The molecule has 0 unspecified atom stereocenters. The lowest BCUT2D eigenvalue weighted by Crippen LogP contribution is -2.00. The molecule has 0 fully saturated rings. The van der Waals surface area contributed by atoms with Crippen molar-refractivity contribution in [2.75, 3.05) is 0 Å². The van der Waals surface area contributed by atoms with Gasteiger partial charge in [-0.3, -0.25) is 4.79 Å². The summed E-state index contributed by atoms with van der Waals surface area (Å²) in [5.41, 5.74) is 4.91. The molecule has 0 aliphatic carbocycles. The predicted octanol–water partition coefficient (Wildman–Crippen LogP) is 5.87. The Hall–Kier alpha value is -2.85.